The maximum atomic E-state index is 12.4. The molecule has 0 bridgehead atoms. The molecule has 138 valence electrons. The summed E-state index contributed by atoms with van der Waals surface area (Å²) in [6.07, 6.45) is 5.34. The Morgan fingerprint density at radius 2 is 2.12 bits per heavy atom. The molecule has 1 atom stereocenters. The van der Waals surface area contributed by atoms with Gasteiger partial charge in [0.1, 0.15) is 12.1 Å². The van der Waals surface area contributed by atoms with Crippen LogP contribution in [0.25, 0.3) is 0 Å². The lowest BCUT2D eigenvalue weighted by molar-refractivity contribution is -0.126. The van der Waals surface area contributed by atoms with Gasteiger partial charge in [0.05, 0.1) is 12.3 Å². The normalized spacial score (nSPS) is 19.8. The minimum atomic E-state index is 0.0562. The van der Waals surface area contributed by atoms with Crippen molar-refractivity contribution in [3.05, 3.63) is 17.6 Å². The van der Waals surface area contributed by atoms with Gasteiger partial charge < -0.3 is 20.3 Å². The van der Waals surface area contributed by atoms with Crippen molar-refractivity contribution < 1.29 is 9.53 Å². The van der Waals surface area contributed by atoms with Crippen molar-refractivity contribution in [2.24, 2.45) is 5.92 Å². The van der Waals surface area contributed by atoms with Gasteiger partial charge in [-0.1, -0.05) is 0 Å². The number of nitrogens with zero attached hydrogens (tertiary/aromatic N) is 3. The van der Waals surface area contributed by atoms with Crippen LogP contribution in [0.2, 0.25) is 0 Å². The number of hydrogen-bond donors (Lipinski definition) is 2. The van der Waals surface area contributed by atoms with Gasteiger partial charge in [-0.2, -0.15) is 0 Å². The Hall–Kier alpha value is -1.73. The minimum absolute atomic E-state index is 0.0562. The Kier molecular flexibility index (Phi) is 6.20. The van der Waals surface area contributed by atoms with Crippen molar-refractivity contribution in [1.29, 1.82) is 0 Å². The number of aromatic nitrogens is 2. The van der Waals surface area contributed by atoms with Crippen LogP contribution in [-0.2, 0) is 22.4 Å². The maximum absolute atomic E-state index is 12.4. The lowest BCUT2D eigenvalue weighted by Gasteiger charge is -2.33. The highest BCUT2D eigenvalue weighted by Crippen LogP contribution is 2.27. The lowest BCUT2D eigenvalue weighted by atomic mass is 9.95. The number of piperidine rings is 1. The van der Waals surface area contributed by atoms with E-state index in [0.29, 0.717) is 6.61 Å². The summed E-state index contributed by atoms with van der Waals surface area (Å²) in [4.78, 5) is 23.8. The number of carbonyl (C=O) groups is 1. The van der Waals surface area contributed by atoms with E-state index in [1.54, 1.807) is 13.4 Å². The Labute approximate surface area is 149 Å². The van der Waals surface area contributed by atoms with Crippen LogP contribution < -0.4 is 15.5 Å². The summed E-state index contributed by atoms with van der Waals surface area (Å²) in [6.45, 7) is 6.21. The average molecular weight is 347 g/mol. The molecule has 1 amide bonds. The van der Waals surface area contributed by atoms with Crippen molar-refractivity contribution in [2.45, 2.75) is 38.6 Å². The highest BCUT2D eigenvalue weighted by molar-refractivity contribution is 5.79. The van der Waals surface area contributed by atoms with E-state index >= 15 is 0 Å². The SMILES string of the molecule is COC[C@@H](C)NC(=O)C1CCN(c2ncnc3c2CCNCC3)CC1. The molecule has 0 saturated carbocycles. The van der Waals surface area contributed by atoms with E-state index in [-0.39, 0.29) is 17.9 Å². The van der Waals surface area contributed by atoms with Gasteiger partial charge in [0.2, 0.25) is 5.91 Å². The molecule has 0 radical (unpaired) electrons. The highest BCUT2D eigenvalue weighted by atomic mass is 16.5. The summed E-state index contributed by atoms with van der Waals surface area (Å²) in [5.74, 6) is 1.30. The van der Waals surface area contributed by atoms with Crippen molar-refractivity contribution in [2.75, 3.05) is 44.8 Å². The van der Waals surface area contributed by atoms with Crippen molar-refractivity contribution in [1.82, 2.24) is 20.6 Å². The average Bonchev–Trinajstić information content (AvgIpc) is 2.87. The third-order valence-corrected chi connectivity index (χ3v) is 5.07. The monoisotopic (exact) mass is 347 g/mol. The van der Waals surface area contributed by atoms with Crippen LogP contribution in [0.15, 0.2) is 6.33 Å². The minimum Gasteiger partial charge on any atom is -0.383 e. The third-order valence-electron chi connectivity index (χ3n) is 5.07. The molecule has 0 aliphatic carbocycles. The summed E-state index contributed by atoms with van der Waals surface area (Å²) < 4.78 is 5.09. The zero-order chi connectivity index (χ0) is 17.6. The molecule has 1 saturated heterocycles. The third kappa shape index (κ3) is 4.46. The number of methoxy groups -OCH3 is 1. The molecule has 7 nitrogen and oxygen atoms in total. The van der Waals surface area contributed by atoms with Crippen LogP contribution >= 0.6 is 0 Å². The molecule has 0 aromatic carbocycles. The van der Waals surface area contributed by atoms with Crippen LogP contribution in [0, 0.1) is 5.92 Å². The maximum Gasteiger partial charge on any atom is 0.223 e. The molecule has 3 rings (SSSR count). The predicted molar refractivity (Wildman–Crippen MR) is 96.7 cm³/mol. The predicted octanol–water partition coefficient (Wildman–Crippen LogP) is 0.532. The van der Waals surface area contributed by atoms with Crippen molar-refractivity contribution >= 4 is 11.7 Å². The number of rotatable bonds is 5. The Morgan fingerprint density at radius 3 is 2.88 bits per heavy atom. The fourth-order valence-electron chi connectivity index (χ4n) is 3.73. The highest BCUT2D eigenvalue weighted by Gasteiger charge is 2.28. The first kappa shape index (κ1) is 18.1. The largest absolute Gasteiger partial charge is 0.383 e. The van der Waals surface area contributed by atoms with E-state index in [0.717, 1.165) is 57.7 Å². The molecule has 2 N–H and O–H groups in total. The molecule has 1 aromatic rings. The number of carbonyl (C=O) groups excluding carboxylic acids is 1. The second-order valence-electron chi connectivity index (χ2n) is 7.00. The first-order valence-electron chi connectivity index (χ1n) is 9.26. The summed E-state index contributed by atoms with van der Waals surface area (Å²) in [5, 5.41) is 6.47. The summed E-state index contributed by atoms with van der Waals surface area (Å²) in [6, 6.07) is 0.0562. The fourth-order valence-corrected chi connectivity index (χ4v) is 3.73. The molecule has 1 fully saturated rings. The number of anilines is 1. The quantitative estimate of drug-likeness (QED) is 0.809. The van der Waals surface area contributed by atoms with Gasteiger partial charge in [-0.25, -0.2) is 9.97 Å². The standard InChI is InChI=1S/C18H29N5O2/c1-13(11-25-2)22-18(24)14-5-9-23(10-6-14)17-15-3-7-19-8-4-16(15)20-12-21-17/h12-14,19H,3-11H2,1-2H3,(H,22,24)/t13-/m1/s1. The van der Waals surface area contributed by atoms with Crippen molar-refractivity contribution in [3.8, 4) is 0 Å². The van der Waals surface area contributed by atoms with Gasteiger partial charge in [-0.15, -0.1) is 0 Å². The molecule has 1 aromatic heterocycles. The first-order chi connectivity index (χ1) is 12.2. The summed E-state index contributed by atoms with van der Waals surface area (Å²) in [7, 11) is 1.65. The number of amides is 1. The van der Waals surface area contributed by atoms with Gasteiger partial charge in [-0.05, 0) is 32.7 Å². The first-order valence-corrected chi connectivity index (χ1v) is 9.26. The van der Waals surface area contributed by atoms with E-state index in [1.807, 2.05) is 6.92 Å². The Bertz CT molecular complexity index is 587. The van der Waals surface area contributed by atoms with E-state index in [1.165, 1.54) is 11.3 Å². The molecule has 0 spiro atoms. The molecule has 25 heavy (non-hydrogen) atoms. The Morgan fingerprint density at radius 1 is 1.36 bits per heavy atom. The van der Waals surface area contributed by atoms with E-state index in [9.17, 15) is 4.79 Å². The van der Waals surface area contributed by atoms with Gasteiger partial charge in [0.15, 0.2) is 0 Å². The molecule has 3 heterocycles. The number of nitrogens with one attached hydrogen (secondary N) is 2. The zero-order valence-corrected chi connectivity index (χ0v) is 15.3. The Balaban J connectivity index is 1.60. The van der Waals surface area contributed by atoms with E-state index in [2.05, 4.69) is 25.5 Å². The van der Waals surface area contributed by atoms with Gasteiger partial charge in [0.25, 0.3) is 0 Å². The molecule has 2 aliphatic rings. The summed E-state index contributed by atoms with van der Waals surface area (Å²) in [5.41, 5.74) is 2.45. The van der Waals surface area contributed by atoms with Crippen LogP contribution in [0.4, 0.5) is 5.82 Å². The van der Waals surface area contributed by atoms with E-state index in [4.69, 9.17) is 4.74 Å². The molecular formula is C18H29N5O2. The smallest absolute Gasteiger partial charge is 0.223 e. The molecule has 7 heteroatoms. The van der Waals surface area contributed by atoms with Gasteiger partial charge in [0, 0.05) is 50.7 Å². The van der Waals surface area contributed by atoms with Crippen LogP contribution in [0.3, 0.4) is 0 Å². The fraction of sp³-hybridized carbons (Fsp3) is 0.722. The van der Waals surface area contributed by atoms with Gasteiger partial charge >= 0.3 is 0 Å². The molecular weight excluding hydrogens is 318 g/mol. The lowest BCUT2D eigenvalue weighted by Crippen LogP contribution is -2.44. The zero-order valence-electron chi connectivity index (χ0n) is 15.3. The van der Waals surface area contributed by atoms with Crippen LogP contribution in [-0.4, -0.2) is 61.8 Å². The second-order valence-corrected chi connectivity index (χ2v) is 7.00. The van der Waals surface area contributed by atoms with Crippen LogP contribution in [0.5, 0.6) is 0 Å². The second kappa shape index (κ2) is 8.58. The number of hydrogen-bond acceptors (Lipinski definition) is 6. The van der Waals surface area contributed by atoms with E-state index < -0.39 is 0 Å². The number of fused-ring (bicyclic) bond motifs is 1. The van der Waals surface area contributed by atoms with Gasteiger partial charge in [-0.3, -0.25) is 4.79 Å². The molecule has 0 unspecified atom stereocenters. The topological polar surface area (TPSA) is 79.4 Å². The van der Waals surface area contributed by atoms with Crippen molar-refractivity contribution in [3.63, 3.8) is 0 Å². The molecule has 2 aliphatic heterocycles. The summed E-state index contributed by atoms with van der Waals surface area (Å²) >= 11 is 0. The van der Waals surface area contributed by atoms with Crippen LogP contribution in [0.1, 0.15) is 31.0 Å². The number of ether oxygens (including phenoxy) is 1.